The summed E-state index contributed by atoms with van der Waals surface area (Å²) in [5.41, 5.74) is 8.75. The number of hydrogen-bond donors (Lipinski definition) is 3. The molecule has 1 aromatic heterocycles. The van der Waals surface area contributed by atoms with Gasteiger partial charge in [0.2, 0.25) is 0 Å². The van der Waals surface area contributed by atoms with Crippen LogP contribution in [0.1, 0.15) is 17.3 Å². The van der Waals surface area contributed by atoms with Crippen molar-refractivity contribution in [2.45, 2.75) is 12.5 Å². The minimum atomic E-state index is -0.366. The second kappa shape index (κ2) is 9.20. The Morgan fingerprint density at radius 2 is 1.64 bits per heavy atom. The Hall–Kier alpha value is -3.10. The van der Waals surface area contributed by atoms with Crippen molar-refractivity contribution in [3.63, 3.8) is 0 Å². The van der Waals surface area contributed by atoms with Crippen molar-refractivity contribution in [2.24, 2.45) is 5.73 Å². The molecular weight excluding hydrogens is 376 g/mol. The van der Waals surface area contributed by atoms with E-state index in [-0.39, 0.29) is 12.1 Å². The maximum Gasteiger partial charge on any atom is 0.325 e. The number of aromatic nitrogens is 1. The molecule has 3 aromatic rings. The number of carbonyl (C=O) groups excluding carboxylic acids is 1. The van der Waals surface area contributed by atoms with Crippen LogP contribution in [0.2, 0.25) is 0 Å². The van der Waals surface area contributed by atoms with Gasteiger partial charge in [-0.15, -0.1) is 11.3 Å². The Balaban J connectivity index is 1.55. The first-order chi connectivity index (χ1) is 13.6. The Kier molecular flexibility index (Phi) is 6.46. The van der Waals surface area contributed by atoms with Gasteiger partial charge in [-0.1, -0.05) is 12.1 Å². The van der Waals surface area contributed by atoms with Gasteiger partial charge in [-0.2, -0.15) is 0 Å². The van der Waals surface area contributed by atoms with Crippen LogP contribution in [-0.4, -0.2) is 25.2 Å². The van der Waals surface area contributed by atoms with E-state index >= 15 is 0 Å². The van der Waals surface area contributed by atoms with Crippen LogP contribution in [0.15, 0.2) is 53.9 Å². The van der Waals surface area contributed by atoms with Gasteiger partial charge in [0.15, 0.2) is 5.13 Å². The SMILES string of the molecule is COc1ccc(CC(N)c2csc(NC(=O)Nc3ccc(OC)cc3)n2)cc1. The highest BCUT2D eigenvalue weighted by Crippen LogP contribution is 2.23. The number of rotatable bonds is 7. The summed E-state index contributed by atoms with van der Waals surface area (Å²) in [5.74, 6) is 1.53. The van der Waals surface area contributed by atoms with Gasteiger partial charge >= 0.3 is 6.03 Å². The first-order valence-corrected chi connectivity index (χ1v) is 9.51. The number of nitrogens with two attached hydrogens (primary N) is 1. The van der Waals surface area contributed by atoms with Gasteiger partial charge in [0, 0.05) is 11.1 Å². The van der Waals surface area contributed by atoms with Crippen molar-refractivity contribution in [2.75, 3.05) is 24.9 Å². The van der Waals surface area contributed by atoms with Crippen LogP contribution < -0.4 is 25.8 Å². The molecule has 4 N–H and O–H groups in total. The maximum absolute atomic E-state index is 12.1. The van der Waals surface area contributed by atoms with Crippen LogP contribution in [-0.2, 0) is 6.42 Å². The number of nitrogens with zero attached hydrogens (tertiary/aromatic N) is 1. The van der Waals surface area contributed by atoms with E-state index in [1.165, 1.54) is 11.3 Å². The molecule has 0 aliphatic heterocycles. The molecule has 0 saturated carbocycles. The Bertz CT molecular complexity index is 910. The number of methoxy groups -OCH3 is 2. The van der Waals surface area contributed by atoms with Crippen LogP contribution in [0.25, 0.3) is 0 Å². The van der Waals surface area contributed by atoms with Gasteiger partial charge in [0.1, 0.15) is 11.5 Å². The molecule has 7 nitrogen and oxygen atoms in total. The second-order valence-corrected chi connectivity index (χ2v) is 6.90. The predicted molar refractivity (Wildman–Crippen MR) is 111 cm³/mol. The first-order valence-electron chi connectivity index (χ1n) is 8.63. The Morgan fingerprint density at radius 1 is 1.04 bits per heavy atom. The largest absolute Gasteiger partial charge is 0.497 e. The van der Waals surface area contributed by atoms with Gasteiger partial charge < -0.3 is 20.5 Å². The molecule has 0 saturated heterocycles. The molecule has 0 aliphatic rings. The van der Waals surface area contributed by atoms with E-state index in [0.717, 1.165) is 22.8 Å². The zero-order chi connectivity index (χ0) is 19.9. The smallest absolute Gasteiger partial charge is 0.325 e. The molecule has 8 heteroatoms. The van der Waals surface area contributed by atoms with Crippen molar-refractivity contribution in [1.82, 2.24) is 4.98 Å². The Morgan fingerprint density at radius 3 is 2.25 bits per heavy atom. The van der Waals surface area contributed by atoms with Crippen LogP contribution in [0.5, 0.6) is 11.5 Å². The lowest BCUT2D eigenvalue weighted by molar-refractivity contribution is 0.262. The summed E-state index contributed by atoms with van der Waals surface area (Å²) in [6.45, 7) is 0. The molecule has 146 valence electrons. The highest BCUT2D eigenvalue weighted by molar-refractivity contribution is 7.13. The summed E-state index contributed by atoms with van der Waals surface area (Å²) in [6.07, 6.45) is 0.644. The average molecular weight is 398 g/mol. The lowest BCUT2D eigenvalue weighted by Crippen LogP contribution is -2.19. The number of hydrogen-bond acceptors (Lipinski definition) is 6. The minimum Gasteiger partial charge on any atom is -0.497 e. The summed E-state index contributed by atoms with van der Waals surface area (Å²) in [5, 5.41) is 7.83. The van der Waals surface area contributed by atoms with E-state index in [0.29, 0.717) is 17.2 Å². The van der Waals surface area contributed by atoms with E-state index < -0.39 is 0 Å². The van der Waals surface area contributed by atoms with Gasteiger partial charge in [-0.05, 0) is 48.4 Å². The van der Waals surface area contributed by atoms with Gasteiger partial charge in [-0.25, -0.2) is 9.78 Å². The quantitative estimate of drug-likeness (QED) is 0.558. The van der Waals surface area contributed by atoms with Crippen LogP contribution in [0, 0.1) is 0 Å². The molecule has 1 unspecified atom stereocenters. The molecule has 2 amide bonds. The zero-order valence-electron chi connectivity index (χ0n) is 15.6. The summed E-state index contributed by atoms with van der Waals surface area (Å²) in [4.78, 5) is 16.6. The van der Waals surface area contributed by atoms with E-state index in [9.17, 15) is 4.79 Å². The molecule has 0 radical (unpaired) electrons. The topological polar surface area (TPSA) is 98.5 Å². The molecule has 1 heterocycles. The molecule has 0 aliphatic carbocycles. The van der Waals surface area contributed by atoms with Crippen LogP contribution in [0.4, 0.5) is 15.6 Å². The molecule has 2 aromatic carbocycles. The highest BCUT2D eigenvalue weighted by atomic mass is 32.1. The van der Waals surface area contributed by atoms with Crippen LogP contribution in [0.3, 0.4) is 0 Å². The molecule has 0 bridgehead atoms. The third kappa shape index (κ3) is 5.21. The number of carbonyl (C=O) groups is 1. The van der Waals surface area contributed by atoms with E-state index in [1.807, 2.05) is 29.6 Å². The van der Waals surface area contributed by atoms with E-state index in [2.05, 4.69) is 15.6 Å². The maximum atomic E-state index is 12.1. The Labute approximate surface area is 167 Å². The summed E-state index contributed by atoms with van der Waals surface area (Å²) in [7, 11) is 3.23. The van der Waals surface area contributed by atoms with Gasteiger partial charge in [0.05, 0.1) is 26.0 Å². The molecular formula is C20H22N4O3S. The summed E-state index contributed by atoms with van der Waals surface area (Å²) in [6, 6.07) is 14.2. The highest BCUT2D eigenvalue weighted by Gasteiger charge is 2.13. The normalized spacial score (nSPS) is 11.5. The molecule has 28 heavy (non-hydrogen) atoms. The van der Waals surface area contributed by atoms with Crippen molar-refractivity contribution >= 4 is 28.2 Å². The molecule has 1 atom stereocenters. The van der Waals surface area contributed by atoms with Gasteiger partial charge in [0.25, 0.3) is 0 Å². The van der Waals surface area contributed by atoms with Crippen molar-refractivity contribution in [3.05, 3.63) is 65.2 Å². The third-order valence-corrected chi connectivity index (χ3v) is 4.86. The number of nitrogens with one attached hydrogen (secondary N) is 2. The zero-order valence-corrected chi connectivity index (χ0v) is 16.5. The van der Waals surface area contributed by atoms with Crippen molar-refractivity contribution in [3.8, 4) is 11.5 Å². The molecule has 3 rings (SSSR count). The number of thiazole rings is 1. The number of benzene rings is 2. The van der Waals surface area contributed by atoms with E-state index in [4.69, 9.17) is 15.2 Å². The molecule has 0 spiro atoms. The third-order valence-electron chi connectivity index (χ3n) is 4.08. The number of anilines is 2. The summed E-state index contributed by atoms with van der Waals surface area (Å²) < 4.78 is 10.3. The van der Waals surface area contributed by atoms with Crippen molar-refractivity contribution in [1.29, 1.82) is 0 Å². The number of ether oxygens (including phenoxy) is 2. The van der Waals surface area contributed by atoms with Crippen LogP contribution >= 0.6 is 11.3 Å². The number of urea groups is 1. The minimum absolute atomic E-state index is 0.259. The summed E-state index contributed by atoms with van der Waals surface area (Å²) >= 11 is 1.34. The second-order valence-electron chi connectivity index (χ2n) is 6.04. The lowest BCUT2D eigenvalue weighted by atomic mass is 10.0. The fourth-order valence-corrected chi connectivity index (χ4v) is 3.34. The standard InChI is InChI=1S/C20H22N4O3S/c1-26-15-7-3-13(4-8-15)11-17(21)18-12-28-20(23-18)24-19(25)22-14-5-9-16(27-2)10-6-14/h3-10,12,17H,11,21H2,1-2H3,(H2,22,23,24,25). The average Bonchev–Trinajstić information content (AvgIpc) is 3.17. The molecule has 0 fully saturated rings. The van der Waals surface area contributed by atoms with E-state index in [1.54, 1.807) is 38.5 Å². The fourth-order valence-electron chi connectivity index (χ4n) is 2.57. The van der Waals surface area contributed by atoms with Crippen molar-refractivity contribution < 1.29 is 14.3 Å². The first kappa shape index (κ1) is 19.7. The van der Waals surface area contributed by atoms with Gasteiger partial charge in [-0.3, -0.25) is 5.32 Å². The predicted octanol–water partition coefficient (Wildman–Crippen LogP) is 4.05. The lowest BCUT2D eigenvalue weighted by Gasteiger charge is -2.09. The fraction of sp³-hybridized carbons (Fsp3) is 0.200. The number of amides is 2. The monoisotopic (exact) mass is 398 g/mol.